The molecule has 3 heteroatoms. The first-order valence-corrected chi connectivity index (χ1v) is 5.87. The Hall–Kier alpha value is -0.470. The summed E-state index contributed by atoms with van der Waals surface area (Å²) in [7, 11) is 0. The molecule has 1 rings (SSSR count). The Morgan fingerprint density at radius 1 is 1.27 bits per heavy atom. The van der Waals surface area contributed by atoms with Gasteiger partial charge in [-0.1, -0.05) is 25.7 Å². The molecule has 88 valence electrons. The molecule has 1 aliphatic carbocycles. The number of carbonyl (C=O) groups excluding carboxylic acids is 1. The maximum Gasteiger partial charge on any atom is 0.248 e. The summed E-state index contributed by atoms with van der Waals surface area (Å²) in [4.78, 5) is 10.5. The molecular formula is C12H20F2O. The van der Waals surface area contributed by atoms with Crippen LogP contribution in [0.2, 0.25) is 0 Å². The van der Waals surface area contributed by atoms with E-state index in [2.05, 4.69) is 0 Å². The summed E-state index contributed by atoms with van der Waals surface area (Å²) in [6.07, 6.45) is 6.76. The molecule has 0 N–H and O–H groups in total. The van der Waals surface area contributed by atoms with Gasteiger partial charge < -0.3 is 4.79 Å². The molecule has 1 nitrogen and oxygen atoms in total. The molecule has 0 saturated heterocycles. The Morgan fingerprint density at radius 2 is 1.80 bits per heavy atom. The van der Waals surface area contributed by atoms with Crippen molar-refractivity contribution in [2.24, 2.45) is 11.8 Å². The van der Waals surface area contributed by atoms with Gasteiger partial charge in [-0.25, -0.2) is 8.78 Å². The van der Waals surface area contributed by atoms with Crippen molar-refractivity contribution >= 4 is 6.29 Å². The van der Waals surface area contributed by atoms with Gasteiger partial charge in [0.05, 0.1) is 0 Å². The van der Waals surface area contributed by atoms with E-state index in [1.165, 1.54) is 0 Å². The van der Waals surface area contributed by atoms with Gasteiger partial charge in [0.25, 0.3) is 0 Å². The third-order valence-corrected chi connectivity index (χ3v) is 3.47. The number of hydrogen-bond acceptors (Lipinski definition) is 1. The second-order valence-electron chi connectivity index (χ2n) is 4.72. The first-order chi connectivity index (χ1) is 7.05. The second kappa shape index (κ2) is 5.57. The van der Waals surface area contributed by atoms with Crippen LogP contribution in [0.15, 0.2) is 0 Å². The fourth-order valence-corrected chi connectivity index (χ4v) is 2.63. The number of carbonyl (C=O) groups is 1. The van der Waals surface area contributed by atoms with Crippen LogP contribution in [-0.2, 0) is 4.79 Å². The van der Waals surface area contributed by atoms with Crippen LogP contribution in [0.1, 0.15) is 51.9 Å². The summed E-state index contributed by atoms with van der Waals surface area (Å²) >= 11 is 0. The number of alkyl halides is 2. The van der Waals surface area contributed by atoms with E-state index >= 15 is 0 Å². The van der Waals surface area contributed by atoms with E-state index in [1.807, 2.05) is 0 Å². The molecule has 0 aromatic heterocycles. The van der Waals surface area contributed by atoms with Crippen LogP contribution in [0.25, 0.3) is 0 Å². The van der Waals surface area contributed by atoms with Crippen molar-refractivity contribution in [1.29, 1.82) is 0 Å². The molecule has 15 heavy (non-hydrogen) atoms. The predicted molar refractivity (Wildman–Crippen MR) is 56.0 cm³/mol. The molecule has 1 atom stereocenters. The Kier molecular flexibility index (Phi) is 4.68. The summed E-state index contributed by atoms with van der Waals surface area (Å²) in [5.41, 5.74) is 0. The molecule has 1 aliphatic rings. The van der Waals surface area contributed by atoms with Crippen LogP contribution < -0.4 is 0 Å². The molecule has 1 fully saturated rings. The van der Waals surface area contributed by atoms with Crippen molar-refractivity contribution in [3.05, 3.63) is 0 Å². The fourth-order valence-electron chi connectivity index (χ4n) is 2.63. The van der Waals surface area contributed by atoms with Gasteiger partial charge in [0.2, 0.25) is 5.92 Å². The lowest BCUT2D eigenvalue weighted by molar-refractivity contribution is -0.116. The van der Waals surface area contributed by atoms with Crippen molar-refractivity contribution in [1.82, 2.24) is 0 Å². The van der Waals surface area contributed by atoms with Crippen LogP contribution in [0.5, 0.6) is 0 Å². The topological polar surface area (TPSA) is 17.1 Å². The third-order valence-electron chi connectivity index (χ3n) is 3.47. The lowest BCUT2D eigenvalue weighted by atomic mass is 9.80. The Balaban J connectivity index is 2.64. The smallest absolute Gasteiger partial charge is 0.248 e. The molecule has 1 saturated carbocycles. The van der Waals surface area contributed by atoms with Crippen molar-refractivity contribution in [3.63, 3.8) is 0 Å². The zero-order valence-corrected chi connectivity index (χ0v) is 9.35. The van der Waals surface area contributed by atoms with Gasteiger partial charge >= 0.3 is 0 Å². The molecule has 0 bridgehead atoms. The molecule has 0 aliphatic heterocycles. The van der Waals surface area contributed by atoms with E-state index in [0.717, 1.165) is 45.4 Å². The first-order valence-electron chi connectivity index (χ1n) is 5.87. The number of hydrogen-bond donors (Lipinski definition) is 0. The third kappa shape index (κ3) is 3.88. The molecule has 0 amide bonds. The van der Waals surface area contributed by atoms with Crippen LogP contribution in [0.4, 0.5) is 8.78 Å². The minimum Gasteiger partial charge on any atom is -0.303 e. The van der Waals surface area contributed by atoms with E-state index < -0.39 is 11.8 Å². The first kappa shape index (κ1) is 12.6. The minimum atomic E-state index is -2.71. The summed E-state index contributed by atoms with van der Waals surface area (Å²) in [6.45, 7) is 0.950. The Labute approximate surface area is 90.2 Å². The maximum absolute atomic E-state index is 13.3. The van der Waals surface area contributed by atoms with Crippen molar-refractivity contribution < 1.29 is 13.6 Å². The van der Waals surface area contributed by atoms with E-state index in [1.54, 1.807) is 0 Å². The normalized spacial score (nSPS) is 22.1. The average molecular weight is 218 g/mol. The molecule has 0 spiro atoms. The lowest BCUT2D eigenvalue weighted by Gasteiger charge is -2.29. The maximum atomic E-state index is 13.3. The second-order valence-corrected chi connectivity index (χ2v) is 4.72. The summed E-state index contributed by atoms with van der Waals surface area (Å²) in [5, 5.41) is 0. The van der Waals surface area contributed by atoms with E-state index in [-0.39, 0.29) is 12.3 Å². The van der Waals surface area contributed by atoms with Crippen LogP contribution in [-0.4, -0.2) is 12.2 Å². The monoisotopic (exact) mass is 218 g/mol. The summed E-state index contributed by atoms with van der Waals surface area (Å²) < 4.78 is 26.7. The minimum absolute atomic E-state index is 0.00810. The molecular weight excluding hydrogens is 198 g/mol. The van der Waals surface area contributed by atoms with Crippen LogP contribution in [0.3, 0.4) is 0 Å². The SMILES string of the molecule is CC(F)(F)C(CC=O)C1CCCCCC1. The lowest BCUT2D eigenvalue weighted by Crippen LogP contribution is -2.31. The number of aldehydes is 1. The zero-order valence-electron chi connectivity index (χ0n) is 9.35. The molecule has 0 aromatic rings. The van der Waals surface area contributed by atoms with Crippen molar-refractivity contribution in [3.8, 4) is 0 Å². The number of rotatable bonds is 4. The van der Waals surface area contributed by atoms with Crippen molar-refractivity contribution in [2.45, 2.75) is 57.8 Å². The summed E-state index contributed by atoms with van der Waals surface area (Å²) in [6, 6.07) is 0. The quantitative estimate of drug-likeness (QED) is 0.518. The van der Waals surface area contributed by atoms with Gasteiger partial charge in [0, 0.05) is 12.3 Å². The molecule has 1 unspecified atom stereocenters. The highest BCUT2D eigenvalue weighted by Gasteiger charge is 2.39. The highest BCUT2D eigenvalue weighted by molar-refractivity contribution is 5.50. The predicted octanol–water partition coefficient (Wildman–Crippen LogP) is 3.82. The van der Waals surface area contributed by atoms with Crippen molar-refractivity contribution in [2.75, 3.05) is 0 Å². The Morgan fingerprint density at radius 3 is 2.20 bits per heavy atom. The van der Waals surface area contributed by atoms with Gasteiger partial charge in [-0.2, -0.15) is 0 Å². The largest absolute Gasteiger partial charge is 0.303 e. The van der Waals surface area contributed by atoms with E-state index in [4.69, 9.17) is 0 Å². The van der Waals surface area contributed by atoms with Gasteiger partial charge in [-0.3, -0.25) is 0 Å². The standard InChI is InChI=1S/C12H20F2O/c1-12(13,14)11(8-9-15)10-6-4-2-3-5-7-10/h9-11H,2-8H2,1H3. The zero-order chi connectivity index (χ0) is 11.3. The van der Waals surface area contributed by atoms with Gasteiger partial charge in [-0.05, 0) is 25.7 Å². The fraction of sp³-hybridized carbons (Fsp3) is 0.917. The molecule has 0 radical (unpaired) electrons. The highest BCUT2D eigenvalue weighted by atomic mass is 19.3. The molecule has 0 aromatic carbocycles. The molecule has 0 heterocycles. The number of halogens is 2. The van der Waals surface area contributed by atoms with Gasteiger partial charge in [-0.15, -0.1) is 0 Å². The summed E-state index contributed by atoms with van der Waals surface area (Å²) in [5.74, 6) is -3.42. The van der Waals surface area contributed by atoms with Gasteiger partial charge in [0.15, 0.2) is 0 Å². The van der Waals surface area contributed by atoms with E-state index in [0.29, 0.717) is 6.29 Å². The van der Waals surface area contributed by atoms with E-state index in [9.17, 15) is 13.6 Å². The Bertz CT molecular complexity index is 190. The highest BCUT2D eigenvalue weighted by Crippen LogP contribution is 2.39. The van der Waals surface area contributed by atoms with Crippen LogP contribution >= 0.6 is 0 Å². The van der Waals surface area contributed by atoms with Gasteiger partial charge in [0.1, 0.15) is 6.29 Å². The average Bonchev–Trinajstić information content (AvgIpc) is 2.40. The van der Waals surface area contributed by atoms with Crippen LogP contribution in [0, 0.1) is 11.8 Å².